The number of hydrogen-bond donors (Lipinski definition) is 1. The van der Waals surface area contributed by atoms with E-state index in [1.807, 2.05) is 47.0 Å². The van der Waals surface area contributed by atoms with Crippen molar-refractivity contribution < 1.29 is 4.79 Å². The highest BCUT2D eigenvalue weighted by Crippen LogP contribution is 2.20. The Kier molecular flexibility index (Phi) is 5.43. The van der Waals surface area contributed by atoms with Gasteiger partial charge in [0.25, 0.3) is 0 Å². The van der Waals surface area contributed by atoms with E-state index in [1.54, 1.807) is 0 Å². The van der Waals surface area contributed by atoms with Crippen LogP contribution in [0.15, 0.2) is 30.3 Å². The summed E-state index contributed by atoms with van der Waals surface area (Å²) in [6, 6.07) is 10.2. The molecule has 0 radical (unpaired) electrons. The molecular weight excluding hydrogens is 288 g/mol. The summed E-state index contributed by atoms with van der Waals surface area (Å²) in [7, 11) is 0. The molecule has 108 valence electrons. The Hall–Kier alpha value is -1.07. The number of thiocarbonyl (C=S) groups is 1. The van der Waals surface area contributed by atoms with Crippen molar-refractivity contribution in [3.05, 3.63) is 35.9 Å². The summed E-state index contributed by atoms with van der Waals surface area (Å²) in [5, 5.41) is 0. The average Bonchev–Trinajstić information content (AvgIpc) is 2.45. The molecule has 2 unspecified atom stereocenters. The van der Waals surface area contributed by atoms with Gasteiger partial charge in [-0.2, -0.15) is 11.8 Å². The minimum Gasteiger partial charge on any atom is -0.393 e. The quantitative estimate of drug-likeness (QED) is 0.865. The SMILES string of the molecule is CC1CSCCN1C(=O)C(Cc1ccccc1)C(N)=S. The number of rotatable bonds is 4. The largest absolute Gasteiger partial charge is 0.393 e. The van der Waals surface area contributed by atoms with E-state index in [2.05, 4.69) is 6.92 Å². The van der Waals surface area contributed by atoms with Crippen LogP contribution in [0.2, 0.25) is 0 Å². The van der Waals surface area contributed by atoms with Gasteiger partial charge in [0.15, 0.2) is 0 Å². The number of amides is 1. The zero-order chi connectivity index (χ0) is 14.5. The lowest BCUT2D eigenvalue weighted by Gasteiger charge is -2.35. The molecule has 2 rings (SSSR count). The summed E-state index contributed by atoms with van der Waals surface area (Å²) in [6.07, 6.45) is 0.589. The van der Waals surface area contributed by atoms with Gasteiger partial charge in [-0.1, -0.05) is 42.5 Å². The molecule has 0 saturated carbocycles. The summed E-state index contributed by atoms with van der Waals surface area (Å²) in [6.45, 7) is 2.88. The van der Waals surface area contributed by atoms with Gasteiger partial charge in [0.05, 0.1) is 10.9 Å². The molecule has 2 atom stereocenters. The molecule has 0 spiro atoms. The first-order chi connectivity index (χ1) is 9.59. The molecule has 1 aromatic carbocycles. The van der Waals surface area contributed by atoms with Gasteiger partial charge < -0.3 is 10.6 Å². The lowest BCUT2D eigenvalue weighted by Crippen LogP contribution is -2.50. The lowest BCUT2D eigenvalue weighted by atomic mass is 9.97. The van der Waals surface area contributed by atoms with Gasteiger partial charge in [-0.05, 0) is 18.9 Å². The standard InChI is InChI=1S/C15H20N2OS2/c1-11-10-20-8-7-17(11)15(18)13(14(16)19)9-12-5-3-2-4-6-12/h2-6,11,13H,7-10H2,1H3,(H2,16,19). The fourth-order valence-corrected chi connectivity index (χ4v) is 3.61. The third-order valence-corrected chi connectivity index (χ3v) is 5.05. The minimum absolute atomic E-state index is 0.0779. The summed E-state index contributed by atoms with van der Waals surface area (Å²) in [5.74, 6) is 1.67. The predicted octanol–water partition coefficient (Wildman–Crippen LogP) is 2.10. The zero-order valence-corrected chi connectivity index (χ0v) is 13.3. The van der Waals surface area contributed by atoms with E-state index < -0.39 is 5.92 Å². The topological polar surface area (TPSA) is 46.3 Å². The smallest absolute Gasteiger partial charge is 0.233 e. The van der Waals surface area contributed by atoms with E-state index in [-0.39, 0.29) is 11.9 Å². The van der Waals surface area contributed by atoms with Crippen molar-refractivity contribution >= 4 is 34.9 Å². The Labute approximate surface area is 129 Å². The molecule has 0 aromatic heterocycles. The monoisotopic (exact) mass is 308 g/mol. The number of hydrogen-bond acceptors (Lipinski definition) is 3. The molecule has 1 amide bonds. The van der Waals surface area contributed by atoms with Crippen LogP contribution >= 0.6 is 24.0 Å². The third-order valence-electron chi connectivity index (χ3n) is 3.57. The van der Waals surface area contributed by atoms with E-state index >= 15 is 0 Å². The fourth-order valence-electron chi connectivity index (χ4n) is 2.41. The molecule has 5 heteroatoms. The second kappa shape index (κ2) is 7.09. The number of benzene rings is 1. The van der Waals surface area contributed by atoms with Gasteiger partial charge in [-0.15, -0.1) is 0 Å². The summed E-state index contributed by atoms with van der Waals surface area (Å²) >= 11 is 7.02. The van der Waals surface area contributed by atoms with Crippen molar-refractivity contribution in [1.82, 2.24) is 4.90 Å². The second-order valence-electron chi connectivity index (χ2n) is 5.10. The zero-order valence-electron chi connectivity index (χ0n) is 11.6. The first-order valence-electron chi connectivity index (χ1n) is 6.81. The van der Waals surface area contributed by atoms with Gasteiger partial charge in [-0.3, -0.25) is 4.79 Å². The average molecular weight is 308 g/mol. The van der Waals surface area contributed by atoms with Crippen LogP contribution in [0.25, 0.3) is 0 Å². The van der Waals surface area contributed by atoms with Crippen molar-refractivity contribution in [3.63, 3.8) is 0 Å². The molecule has 1 aliphatic heterocycles. The Morgan fingerprint density at radius 1 is 1.50 bits per heavy atom. The Morgan fingerprint density at radius 2 is 2.20 bits per heavy atom. The van der Waals surface area contributed by atoms with Crippen LogP contribution in [0.5, 0.6) is 0 Å². The maximum atomic E-state index is 12.7. The predicted molar refractivity (Wildman–Crippen MR) is 88.9 cm³/mol. The second-order valence-corrected chi connectivity index (χ2v) is 6.72. The highest BCUT2D eigenvalue weighted by Gasteiger charge is 2.31. The molecule has 20 heavy (non-hydrogen) atoms. The van der Waals surface area contributed by atoms with Gasteiger partial charge in [0.2, 0.25) is 5.91 Å². The fraction of sp³-hybridized carbons (Fsp3) is 0.467. The highest BCUT2D eigenvalue weighted by molar-refractivity contribution is 7.99. The molecule has 2 N–H and O–H groups in total. The molecule has 3 nitrogen and oxygen atoms in total. The lowest BCUT2D eigenvalue weighted by molar-refractivity contribution is -0.134. The number of thioether (sulfide) groups is 1. The third kappa shape index (κ3) is 3.73. The van der Waals surface area contributed by atoms with E-state index in [4.69, 9.17) is 18.0 Å². The molecule has 1 heterocycles. The van der Waals surface area contributed by atoms with Crippen molar-refractivity contribution in [2.45, 2.75) is 19.4 Å². The van der Waals surface area contributed by atoms with Crippen LogP contribution in [-0.2, 0) is 11.2 Å². The van der Waals surface area contributed by atoms with Crippen molar-refractivity contribution in [2.75, 3.05) is 18.1 Å². The molecule has 0 bridgehead atoms. The number of carbonyl (C=O) groups excluding carboxylic acids is 1. The first-order valence-corrected chi connectivity index (χ1v) is 8.37. The van der Waals surface area contributed by atoms with Crippen LogP contribution < -0.4 is 5.73 Å². The van der Waals surface area contributed by atoms with Gasteiger partial charge in [0, 0.05) is 24.1 Å². The van der Waals surface area contributed by atoms with Crippen molar-refractivity contribution in [1.29, 1.82) is 0 Å². The highest BCUT2D eigenvalue weighted by atomic mass is 32.2. The Bertz CT molecular complexity index is 478. The summed E-state index contributed by atoms with van der Waals surface area (Å²) in [4.78, 5) is 14.9. The molecule has 1 aliphatic rings. The summed E-state index contributed by atoms with van der Waals surface area (Å²) in [5.41, 5.74) is 6.91. The van der Waals surface area contributed by atoms with Crippen LogP contribution in [0.4, 0.5) is 0 Å². The van der Waals surface area contributed by atoms with Crippen molar-refractivity contribution in [3.8, 4) is 0 Å². The Balaban J connectivity index is 2.11. The van der Waals surface area contributed by atoms with E-state index in [0.717, 1.165) is 23.6 Å². The molecule has 1 aromatic rings. The minimum atomic E-state index is -0.391. The van der Waals surface area contributed by atoms with E-state index in [0.29, 0.717) is 11.4 Å². The molecule has 1 fully saturated rings. The Morgan fingerprint density at radius 3 is 2.80 bits per heavy atom. The molecular formula is C15H20N2OS2. The van der Waals surface area contributed by atoms with Gasteiger partial charge >= 0.3 is 0 Å². The van der Waals surface area contributed by atoms with E-state index in [9.17, 15) is 4.79 Å². The number of nitrogens with zero attached hydrogens (tertiary/aromatic N) is 1. The molecule has 1 saturated heterocycles. The first kappa shape index (κ1) is 15.3. The van der Waals surface area contributed by atoms with Crippen LogP contribution in [-0.4, -0.2) is 39.9 Å². The van der Waals surface area contributed by atoms with Crippen LogP contribution in [0.1, 0.15) is 12.5 Å². The normalized spacial score (nSPS) is 20.4. The van der Waals surface area contributed by atoms with Crippen LogP contribution in [0, 0.1) is 5.92 Å². The maximum absolute atomic E-state index is 12.7. The maximum Gasteiger partial charge on any atom is 0.233 e. The number of carbonyl (C=O) groups is 1. The van der Waals surface area contributed by atoms with Crippen LogP contribution in [0.3, 0.4) is 0 Å². The van der Waals surface area contributed by atoms with Gasteiger partial charge in [0.1, 0.15) is 0 Å². The summed E-state index contributed by atoms with van der Waals surface area (Å²) < 4.78 is 0. The van der Waals surface area contributed by atoms with Gasteiger partial charge in [-0.25, -0.2) is 0 Å². The molecule has 0 aliphatic carbocycles. The van der Waals surface area contributed by atoms with Crippen molar-refractivity contribution in [2.24, 2.45) is 11.7 Å². The van der Waals surface area contributed by atoms with E-state index in [1.165, 1.54) is 0 Å². The number of nitrogens with two attached hydrogens (primary N) is 1.